The predicted molar refractivity (Wildman–Crippen MR) is 61.1 cm³/mol. The lowest BCUT2D eigenvalue weighted by molar-refractivity contribution is 0.300. The topological polar surface area (TPSA) is 101 Å². The van der Waals surface area contributed by atoms with E-state index in [0.29, 0.717) is 36.8 Å². The summed E-state index contributed by atoms with van der Waals surface area (Å²) in [6.07, 6.45) is 0. The molecule has 0 aliphatic carbocycles. The molecule has 16 heavy (non-hydrogen) atoms. The van der Waals surface area contributed by atoms with Gasteiger partial charge in [0.15, 0.2) is 0 Å². The van der Waals surface area contributed by atoms with Crippen LogP contribution in [0.1, 0.15) is 20.8 Å². The van der Waals surface area contributed by atoms with Gasteiger partial charge >= 0.3 is 0 Å². The zero-order valence-corrected chi connectivity index (χ0v) is 9.75. The van der Waals surface area contributed by atoms with Crippen LogP contribution in [0.5, 0.6) is 0 Å². The second-order valence-corrected chi connectivity index (χ2v) is 3.65. The van der Waals surface area contributed by atoms with Gasteiger partial charge < -0.3 is 15.6 Å². The summed E-state index contributed by atoms with van der Waals surface area (Å²) < 4.78 is 0. The second kappa shape index (κ2) is 7.63. The van der Waals surface area contributed by atoms with Crippen molar-refractivity contribution < 1.29 is 15.6 Å². The highest BCUT2D eigenvalue weighted by Gasteiger charge is 2.10. The van der Waals surface area contributed by atoms with Crippen molar-refractivity contribution >= 4 is 17.1 Å². The van der Waals surface area contributed by atoms with E-state index in [9.17, 15) is 0 Å². The first-order valence-corrected chi connectivity index (χ1v) is 4.78. The molecule has 0 aliphatic heterocycles. The standard InChI is InChI=1S/C9H18N4O3/c1-7(10-14)4-13(5-8(2)11-15)6-9(3)12-16/h14-16H,4-6H2,1-3H3/b10-7-,11-8+,12-9+/i10+1,11+1,12+1. The van der Waals surface area contributed by atoms with E-state index in [1.54, 1.807) is 20.8 Å². The number of nitrogens with zero attached hydrogens (tertiary/aromatic N) is 4. The van der Waals surface area contributed by atoms with Gasteiger partial charge in [0, 0.05) is 19.6 Å². The van der Waals surface area contributed by atoms with Gasteiger partial charge in [-0.2, -0.15) is 0 Å². The summed E-state index contributed by atoms with van der Waals surface area (Å²) in [5, 5.41) is 34.9. The molecule has 0 aromatic rings. The molecule has 7 heteroatoms. The molecule has 0 saturated carbocycles. The maximum Gasteiger partial charge on any atom is 0.0680 e. The number of hydrogen-bond donors (Lipinski definition) is 3. The minimum atomic E-state index is 0.399. The Hall–Kier alpha value is -1.63. The molecule has 3 N–H and O–H groups in total. The van der Waals surface area contributed by atoms with Crippen LogP contribution < -0.4 is 0 Å². The van der Waals surface area contributed by atoms with Crippen molar-refractivity contribution in [2.45, 2.75) is 20.8 Å². The van der Waals surface area contributed by atoms with Crippen LogP contribution in [0.4, 0.5) is 0 Å². The van der Waals surface area contributed by atoms with Crippen molar-refractivity contribution in [3.05, 3.63) is 0 Å². The van der Waals surface area contributed by atoms with Crippen molar-refractivity contribution in [1.29, 1.82) is 0 Å². The third-order valence-corrected chi connectivity index (χ3v) is 1.87. The predicted octanol–water partition coefficient (Wildman–Crippen LogP) is 0.839. The molecule has 0 fully saturated rings. The second-order valence-electron chi connectivity index (χ2n) is 3.65. The number of hydrogen-bond acceptors (Lipinski definition) is 7. The monoisotopic (exact) mass is 233 g/mol. The SMILES string of the molecule is C/C(CN(C/C(C)=[15N]/O)C/C(C)=[15N]/O)=[15N]/O. The molecule has 0 radical (unpaired) electrons. The lowest BCUT2D eigenvalue weighted by Gasteiger charge is -2.20. The third-order valence-electron chi connectivity index (χ3n) is 1.87. The van der Waals surface area contributed by atoms with Gasteiger partial charge in [0.25, 0.3) is 0 Å². The van der Waals surface area contributed by atoms with E-state index in [0.717, 1.165) is 0 Å². The quantitative estimate of drug-likeness (QED) is 0.274. The van der Waals surface area contributed by atoms with Gasteiger partial charge in [0.1, 0.15) is 0 Å². The summed E-state index contributed by atoms with van der Waals surface area (Å²) in [7, 11) is 0. The fraction of sp³-hybridized carbons (Fsp3) is 0.667. The highest BCUT2D eigenvalue weighted by Crippen LogP contribution is 1.94. The lowest BCUT2D eigenvalue weighted by atomic mass is 10.3. The molecule has 0 amide bonds. The smallest absolute Gasteiger partial charge is 0.0680 e. The minimum absolute atomic E-state index is 0.399. The van der Waals surface area contributed by atoms with Crippen molar-refractivity contribution in [2.24, 2.45) is 15.5 Å². The molecule has 0 aromatic heterocycles. The lowest BCUT2D eigenvalue weighted by Crippen LogP contribution is -2.36. The molecule has 0 atom stereocenters. The van der Waals surface area contributed by atoms with E-state index in [1.807, 2.05) is 4.90 Å². The Kier molecular flexibility index (Phi) is 6.86. The van der Waals surface area contributed by atoms with Crippen molar-refractivity contribution in [3.63, 3.8) is 0 Å². The summed E-state index contributed by atoms with van der Waals surface area (Å²) >= 11 is 0. The highest BCUT2D eigenvalue weighted by atomic mass is 16.7. The first kappa shape index (κ1) is 14.4. The number of rotatable bonds is 6. The fourth-order valence-electron chi connectivity index (χ4n) is 1.23. The summed E-state index contributed by atoms with van der Waals surface area (Å²) in [4.78, 5) is 1.82. The Bertz CT molecular complexity index is 252. The van der Waals surface area contributed by atoms with E-state index in [-0.39, 0.29) is 0 Å². The van der Waals surface area contributed by atoms with E-state index >= 15 is 0 Å². The molecule has 0 spiro atoms. The Balaban J connectivity index is 4.50. The molecule has 92 valence electrons. The average molecular weight is 233 g/mol. The van der Waals surface area contributed by atoms with Crippen LogP contribution >= 0.6 is 0 Å². The molecular weight excluding hydrogens is 215 g/mol. The van der Waals surface area contributed by atoms with Gasteiger partial charge in [0.2, 0.25) is 0 Å². The zero-order chi connectivity index (χ0) is 12.6. The van der Waals surface area contributed by atoms with Crippen LogP contribution in [0.3, 0.4) is 0 Å². The molecule has 0 aromatic carbocycles. The van der Waals surface area contributed by atoms with Crippen molar-refractivity contribution in [2.75, 3.05) is 19.6 Å². The highest BCUT2D eigenvalue weighted by molar-refractivity contribution is 5.88. The van der Waals surface area contributed by atoms with Crippen molar-refractivity contribution in [3.8, 4) is 0 Å². The minimum Gasteiger partial charge on any atom is -0.411 e. The maximum absolute atomic E-state index is 8.57. The largest absolute Gasteiger partial charge is 0.411 e. The molecular formula is C9H18N4O3. The molecule has 7 nitrogen and oxygen atoms in total. The Morgan fingerprint density at radius 1 is 0.750 bits per heavy atom. The van der Waals surface area contributed by atoms with Crippen LogP contribution in [0, 0.1) is 0 Å². The fourth-order valence-corrected chi connectivity index (χ4v) is 1.23. The Morgan fingerprint density at radius 2 is 1.00 bits per heavy atom. The van der Waals surface area contributed by atoms with Crippen LogP contribution in [0.2, 0.25) is 0 Å². The first-order chi connectivity index (χ1) is 7.53. The average Bonchev–Trinajstić information content (AvgIpc) is 2.28. The zero-order valence-electron chi connectivity index (χ0n) is 9.75. The van der Waals surface area contributed by atoms with Gasteiger partial charge in [-0.05, 0) is 20.8 Å². The third kappa shape index (κ3) is 5.97. The van der Waals surface area contributed by atoms with Crippen LogP contribution in [-0.2, 0) is 0 Å². The van der Waals surface area contributed by atoms with Gasteiger partial charge in [-0.15, -0.1) is 0 Å². The van der Waals surface area contributed by atoms with Crippen molar-refractivity contribution in [1.82, 2.24) is 4.90 Å². The van der Waals surface area contributed by atoms with Gasteiger partial charge in [-0.3, -0.25) is 4.90 Å². The summed E-state index contributed by atoms with van der Waals surface area (Å²) in [5.41, 5.74) is 1.57. The van der Waals surface area contributed by atoms with Gasteiger partial charge in [0.05, 0.1) is 17.1 Å². The molecule has 0 bridgehead atoms. The van der Waals surface area contributed by atoms with Gasteiger partial charge in [-0.1, -0.05) is 15.5 Å². The van der Waals surface area contributed by atoms with E-state index < -0.39 is 0 Å². The van der Waals surface area contributed by atoms with Crippen LogP contribution in [0.25, 0.3) is 0 Å². The van der Waals surface area contributed by atoms with E-state index in [4.69, 9.17) is 15.6 Å². The Labute approximate surface area is 94.3 Å². The molecule has 0 rings (SSSR count). The van der Waals surface area contributed by atoms with Crippen LogP contribution in [-0.4, -0.2) is 57.3 Å². The molecule has 0 aliphatic rings. The maximum atomic E-state index is 8.57. The van der Waals surface area contributed by atoms with Gasteiger partial charge in [-0.25, -0.2) is 0 Å². The molecule has 0 saturated heterocycles. The summed E-state index contributed by atoms with van der Waals surface area (Å²) in [5.74, 6) is 0. The number of oxime groups is 3. The normalized spacial score (nSPS) is 14.6. The summed E-state index contributed by atoms with van der Waals surface area (Å²) in [6.45, 7) is 6.21. The Morgan fingerprint density at radius 3 is 1.19 bits per heavy atom. The molecule has 0 heterocycles. The first-order valence-electron chi connectivity index (χ1n) is 4.78. The van der Waals surface area contributed by atoms with E-state index in [1.165, 1.54) is 0 Å². The molecule has 0 unspecified atom stereocenters. The van der Waals surface area contributed by atoms with Crippen LogP contribution in [0.15, 0.2) is 15.5 Å². The van der Waals surface area contributed by atoms with E-state index in [2.05, 4.69) is 15.5 Å². The summed E-state index contributed by atoms with van der Waals surface area (Å²) in [6, 6.07) is 0.